The molecule has 0 aliphatic carbocycles. The monoisotopic (exact) mass is 246 g/mol. The Hall–Kier alpha value is -1.02. The average molecular weight is 246 g/mol. The van der Waals surface area contributed by atoms with Crippen molar-refractivity contribution in [2.24, 2.45) is 0 Å². The Balaban J connectivity index is 2.08. The quantitative estimate of drug-likeness (QED) is 0.853. The first-order valence-electron chi connectivity index (χ1n) is 7.14. The lowest BCUT2D eigenvalue weighted by atomic mass is 9.98. The summed E-state index contributed by atoms with van der Waals surface area (Å²) in [6.07, 6.45) is 4.00. The molecule has 2 nitrogen and oxygen atoms in total. The summed E-state index contributed by atoms with van der Waals surface area (Å²) in [6, 6.07) is 2.92. The van der Waals surface area contributed by atoms with Crippen molar-refractivity contribution in [3.63, 3.8) is 0 Å². The molecule has 0 spiro atoms. The van der Waals surface area contributed by atoms with Crippen LogP contribution in [0.1, 0.15) is 41.5 Å². The van der Waals surface area contributed by atoms with Crippen molar-refractivity contribution in [3.8, 4) is 0 Å². The van der Waals surface area contributed by atoms with Crippen molar-refractivity contribution >= 4 is 5.69 Å². The van der Waals surface area contributed by atoms with E-state index in [0.717, 1.165) is 6.54 Å². The van der Waals surface area contributed by atoms with Crippen molar-refractivity contribution in [2.45, 2.75) is 53.0 Å². The van der Waals surface area contributed by atoms with Gasteiger partial charge in [0, 0.05) is 18.3 Å². The Labute approximate surface area is 111 Å². The molecule has 0 radical (unpaired) electrons. The minimum absolute atomic E-state index is 0.637. The normalized spacial score (nSPS) is 19.9. The van der Waals surface area contributed by atoms with Crippen LogP contribution in [0.15, 0.2) is 6.07 Å². The first-order valence-corrected chi connectivity index (χ1v) is 7.14. The predicted molar refractivity (Wildman–Crippen MR) is 79.5 cm³/mol. The van der Waals surface area contributed by atoms with Crippen LogP contribution in [0, 0.1) is 27.7 Å². The molecule has 1 atom stereocenters. The predicted octanol–water partition coefficient (Wildman–Crippen LogP) is 3.47. The molecule has 0 aromatic heterocycles. The lowest BCUT2D eigenvalue weighted by Gasteiger charge is -2.25. The summed E-state index contributed by atoms with van der Waals surface area (Å²) in [5.74, 6) is 0. The van der Waals surface area contributed by atoms with Gasteiger partial charge in [0.1, 0.15) is 0 Å². The van der Waals surface area contributed by atoms with Crippen LogP contribution in [0.2, 0.25) is 0 Å². The summed E-state index contributed by atoms with van der Waals surface area (Å²) in [6.45, 7) is 11.1. The van der Waals surface area contributed by atoms with E-state index in [9.17, 15) is 0 Å². The van der Waals surface area contributed by atoms with Crippen LogP contribution >= 0.6 is 0 Å². The molecule has 2 heteroatoms. The largest absolute Gasteiger partial charge is 0.383 e. The summed E-state index contributed by atoms with van der Waals surface area (Å²) in [5, 5.41) is 7.27. The molecule has 1 aromatic rings. The molecule has 1 heterocycles. The smallest absolute Gasteiger partial charge is 0.0405 e. The molecule has 0 amide bonds. The van der Waals surface area contributed by atoms with Gasteiger partial charge in [-0.05, 0) is 69.3 Å². The van der Waals surface area contributed by atoms with Crippen molar-refractivity contribution < 1.29 is 0 Å². The van der Waals surface area contributed by atoms with Gasteiger partial charge in [-0.1, -0.05) is 12.5 Å². The third kappa shape index (κ3) is 2.86. The Morgan fingerprint density at radius 2 is 1.78 bits per heavy atom. The number of anilines is 1. The van der Waals surface area contributed by atoms with E-state index in [0.29, 0.717) is 6.04 Å². The zero-order chi connectivity index (χ0) is 13.1. The van der Waals surface area contributed by atoms with Crippen LogP contribution in [-0.4, -0.2) is 19.1 Å². The highest BCUT2D eigenvalue weighted by Crippen LogP contribution is 2.26. The van der Waals surface area contributed by atoms with E-state index in [2.05, 4.69) is 44.4 Å². The highest BCUT2D eigenvalue weighted by molar-refractivity contribution is 5.62. The molecule has 2 N–H and O–H groups in total. The maximum Gasteiger partial charge on any atom is 0.0405 e. The van der Waals surface area contributed by atoms with Gasteiger partial charge in [-0.2, -0.15) is 0 Å². The van der Waals surface area contributed by atoms with Gasteiger partial charge in [-0.25, -0.2) is 0 Å². The summed E-state index contributed by atoms with van der Waals surface area (Å²) < 4.78 is 0. The second-order valence-corrected chi connectivity index (χ2v) is 5.66. The van der Waals surface area contributed by atoms with Crippen molar-refractivity contribution in [2.75, 3.05) is 18.4 Å². The zero-order valence-electron chi connectivity index (χ0n) is 12.2. The third-order valence-electron chi connectivity index (χ3n) is 4.30. The summed E-state index contributed by atoms with van der Waals surface area (Å²) >= 11 is 0. The fourth-order valence-electron chi connectivity index (χ4n) is 2.81. The molecule has 1 unspecified atom stereocenters. The van der Waals surface area contributed by atoms with Gasteiger partial charge in [-0.15, -0.1) is 0 Å². The van der Waals surface area contributed by atoms with Crippen LogP contribution < -0.4 is 10.6 Å². The second-order valence-electron chi connectivity index (χ2n) is 5.66. The van der Waals surface area contributed by atoms with E-state index in [1.807, 2.05) is 0 Å². The number of benzene rings is 1. The number of nitrogens with one attached hydrogen (secondary N) is 2. The first kappa shape index (κ1) is 13.4. The van der Waals surface area contributed by atoms with Crippen LogP contribution in [0.25, 0.3) is 0 Å². The molecule has 2 rings (SSSR count). The van der Waals surface area contributed by atoms with E-state index in [4.69, 9.17) is 0 Å². The number of aryl methyl sites for hydroxylation is 2. The molecule has 1 saturated heterocycles. The molecule has 0 saturated carbocycles. The van der Waals surface area contributed by atoms with Gasteiger partial charge >= 0.3 is 0 Å². The molecule has 1 aromatic carbocycles. The number of hydrogen-bond acceptors (Lipinski definition) is 2. The van der Waals surface area contributed by atoms with Crippen molar-refractivity contribution in [3.05, 3.63) is 28.3 Å². The zero-order valence-corrected chi connectivity index (χ0v) is 12.2. The van der Waals surface area contributed by atoms with Crippen molar-refractivity contribution in [1.29, 1.82) is 0 Å². The van der Waals surface area contributed by atoms with E-state index in [1.165, 1.54) is 53.7 Å². The SMILES string of the molecule is Cc1cc(C)c(C)c(NCC2CCCCN2)c1C. The van der Waals surface area contributed by atoms with Crippen molar-refractivity contribution in [1.82, 2.24) is 5.32 Å². The average Bonchev–Trinajstić information content (AvgIpc) is 2.38. The van der Waals surface area contributed by atoms with Gasteiger partial charge in [0.2, 0.25) is 0 Å². The fourth-order valence-corrected chi connectivity index (χ4v) is 2.81. The third-order valence-corrected chi connectivity index (χ3v) is 4.30. The molecule has 100 valence electrons. The van der Waals surface area contributed by atoms with E-state index < -0.39 is 0 Å². The number of piperidine rings is 1. The highest BCUT2D eigenvalue weighted by atomic mass is 15.0. The number of hydrogen-bond donors (Lipinski definition) is 2. The maximum absolute atomic E-state index is 3.67. The Morgan fingerprint density at radius 1 is 1.11 bits per heavy atom. The summed E-state index contributed by atoms with van der Waals surface area (Å²) in [5.41, 5.74) is 6.91. The Morgan fingerprint density at radius 3 is 2.33 bits per heavy atom. The van der Waals surface area contributed by atoms with E-state index >= 15 is 0 Å². The van der Waals surface area contributed by atoms with Crippen LogP contribution in [-0.2, 0) is 0 Å². The molecule has 1 aliphatic rings. The summed E-state index contributed by atoms with van der Waals surface area (Å²) in [4.78, 5) is 0. The molecular formula is C16H26N2. The molecule has 0 bridgehead atoms. The topological polar surface area (TPSA) is 24.1 Å². The highest BCUT2D eigenvalue weighted by Gasteiger charge is 2.14. The van der Waals surface area contributed by atoms with Crippen LogP contribution in [0.5, 0.6) is 0 Å². The van der Waals surface area contributed by atoms with E-state index in [1.54, 1.807) is 0 Å². The molecular weight excluding hydrogens is 220 g/mol. The second kappa shape index (κ2) is 5.75. The number of rotatable bonds is 3. The Bertz CT molecular complexity index is 391. The van der Waals surface area contributed by atoms with Gasteiger partial charge in [0.15, 0.2) is 0 Å². The van der Waals surface area contributed by atoms with Gasteiger partial charge in [0.05, 0.1) is 0 Å². The minimum atomic E-state index is 0.637. The van der Waals surface area contributed by atoms with Gasteiger partial charge in [-0.3, -0.25) is 0 Å². The van der Waals surface area contributed by atoms with Gasteiger partial charge in [0.25, 0.3) is 0 Å². The van der Waals surface area contributed by atoms with Crippen LogP contribution in [0.4, 0.5) is 5.69 Å². The lowest BCUT2D eigenvalue weighted by Crippen LogP contribution is -2.39. The standard InChI is InChI=1S/C16H26N2/c1-11-9-12(2)14(4)16(13(11)3)18-10-15-7-5-6-8-17-15/h9,15,17-18H,5-8,10H2,1-4H3. The fraction of sp³-hybridized carbons (Fsp3) is 0.625. The van der Waals surface area contributed by atoms with E-state index in [-0.39, 0.29) is 0 Å². The maximum atomic E-state index is 3.67. The lowest BCUT2D eigenvalue weighted by molar-refractivity contribution is 0.414. The minimum Gasteiger partial charge on any atom is -0.383 e. The Kier molecular flexibility index (Phi) is 4.28. The molecule has 1 fully saturated rings. The molecule has 1 aliphatic heterocycles. The van der Waals surface area contributed by atoms with Gasteiger partial charge < -0.3 is 10.6 Å². The molecule has 18 heavy (non-hydrogen) atoms. The summed E-state index contributed by atoms with van der Waals surface area (Å²) in [7, 11) is 0. The van der Waals surface area contributed by atoms with Crippen LogP contribution in [0.3, 0.4) is 0 Å². The first-order chi connectivity index (χ1) is 8.59.